The van der Waals surface area contributed by atoms with Gasteiger partial charge in [0.2, 0.25) is 0 Å². The van der Waals surface area contributed by atoms with E-state index in [4.69, 9.17) is 10.8 Å². The summed E-state index contributed by atoms with van der Waals surface area (Å²) in [5.74, 6) is -2.35. The Labute approximate surface area is 95.4 Å². The number of hydrogen-bond acceptors (Lipinski definition) is 3. The van der Waals surface area contributed by atoms with Crippen LogP contribution >= 0.6 is 0 Å². The summed E-state index contributed by atoms with van der Waals surface area (Å²) in [5, 5.41) is 8.89. The third kappa shape index (κ3) is 2.80. The van der Waals surface area contributed by atoms with Crippen molar-refractivity contribution < 1.29 is 23.1 Å². The molecule has 1 rings (SSSR count). The van der Waals surface area contributed by atoms with Crippen LogP contribution in [0.3, 0.4) is 0 Å². The Kier molecular flexibility index (Phi) is 3.82. The van der Waals surface area contributed by atoms with E-state index in [0.717, 1.165) is 17.0 Å². The second-order valence-electron chi connectivity index (χ2n) is 3.43. The molecule has 0 fully saturated rings. The van der Waals surface area contributed by atoms with Gasteiger partial charge in [0.25, 0.3) is 6.43 Å². The highest BCUT2D eigenvalue weighted by Gasteiger charge is 2.21. The molecule has 4 nitrogen and oxygen atoms in total. The molecular weight excluding hydrogens is 237 g/mol. The Morgan fingerprint density at radius 3 is 2.59 bits per heavy atom. The van der Waals surface area contributed by atoms with Gasteiger partial charge in [0.1, 0.15) is 11.4 Å². The van der Waals surface area contributed by atoms with E-state index in [9.17, 15) is 18.0 Å². The van der Waals surface area contributed by atoms with E-state index in [0.29, 0.717) is 0 Å². The highest BCUT2D eigenvalue weighted by Crippen LogP contribution is 2.27. The highest BCUT2D eigenvalue weighted by molar-refractivity contribution is 6.00. The maximum absolute atomic E-state index is 13.1. The standard InChI is InChI=1S/C10H11F3N2O2/c1-15(4-7(12)13)6-3-2-5(11)9(14)8(6)10(16)17/h2-3,7H,4,14H2,1H3,(H,16,17). The molecule has 3 N–H and O–H groups in total. The first kappa shape index (κ1) is 13.1. The summed E-state index contributed by atoms with van der Waals surface area (Å²) in [6.45, 7) is -0.661. The number of benzene rings is 1. The largest absolute Gasteiger partial charge is 0.478 e. The summed E-state index contributed by atoms with van der Waals surface area (Å²) in [5.41, 5.74) is 4.17. The molecule has 1 aromatic rings. The molecule has 0 spiro atoms. The molecule has 0 saturated heterocycles. The van der Waals surface area contributed by atoms with Gasteiger partial charge < -0.3 is 15.7 Å². The Morgan fingerprint density at radius 2 is 2.12 bits per heavy atom. The van der Waals surface area contributed by atoms with Crippen molar-refractivity contribution in [3.05, 3.63) is 23.5 Å². The molecule has 0 heterocycles. The van der Waals surface area contributed by atoms with Gasteiger partial charge in [-0.15, -0.1) is 0 Å². The number of anilines is 2. The van der Waals surface area contributed by atoms with Crippen molar-refractivity contribution in [2.75, 3.05) is 24.2 Å². The van der Waals surface area contributed by atoms with Gasteiger partial charge in [0.15, 0.2) is 0 Å². The first-order chi connectivity index (χ1) is 7.84. The maximum atomic E-state index is 13.1. The molecule has 0 aliphatic heterocycles. The lowest BCUT2D eigenvalue weighted by atomic mass is 10.1. The van der Waals surface area contributed by atoms with Gasteiger partial charge in [-0.1, -0.05) is 0 Å². The number of alkyl halides is 2. The van der Waals surface area contributed by atoms with E-state index in [1.807, 2.05) is 0 Å². The van der Waals surface area contributed by atoms with Crippen LogP contribution in [-0.2, 0) is 0 Å². The number of nitrogens with two attached hydrogens (primary N) is 1. The minimum atomic E-state index is -2.63. The van der Waals surface area contributed by atoms with Crippen LogP contribution in [-0.4, -0.2) is 31.1 Å². The minimum Gasteiger partial charge on any atom is -0.478 e. The first-order valence-electron chi connectivity index (χ1n) is 4.65. The molecule has 17 heavy (non-hydrogen) atoms. The lowest BCUT2D eigenvalue weighted by Crippen LogP contribution is -2.26. The van der Waals surface area contributed by atoms with Crippen molar-refractivity contribution in [3.8, 4) is 0 Å². The molecule has 1 aromatic carbocycles. The van der Waals surface area contributed by atoms with E-state index in [2.05, 4.69) is 0 Å². The summed E-state index contributed by atoms with van der Waals surface area (Å²) in [6, 6.07) is 2.05. The van der Waals surface area contributed by atoms with E-state index in [1.54, 1.807) is 0 Å². The highest BCUT2D eigenvalue weighted by atomic mass is 19.3. The van der Waals surface area contributed by atoms with Gasteiger partial charge in [-0.3, -0.25) is 0 Å². The second kappa shape index (κ2) is 4.94. The van der Waals surface area contributed by atoms with Crippen LogP contribution in [0.25, 0.3) is 0 Å². The van der Waals surface area contributed by atoms with E-state index >= 15 is 0 Å². The molecule has 0 atom stereocenters. The first-order valence-corrected chi connectivity index (χ1v) is 4.65. The van der Waals surface area contributed by atoms with Crippen LogP contribution < -0.4 is 10.6 Å². The SMILES string of the molecule is CN(CC(F)F)c1ccc(F)c(N)c1C(=O)O. The van der Waals surface area contributed by atoms with Crippen molar-refractivity contribution in [3.63, 3.8) is 0 Å². The van der Waals surface area contributed by atoms with E-state index < -0.39 is 36.0 Å². The van der Waals surface area contributed by atoms with Crippen LogP contribution in [0.15, 0.2) is 12.1 Å². The maximum Gasteiger partial charge on any atom is 0.340 e. The van der Waals surface area contributed by atoms with Gasteiger partial charge in [-0.2, -0.15) is 0 Å². The molecule has 7 heteroatoms. The number of carboxylic acid groups (broad SMARTS) is 1. The molecule has 0 bridgehead atoms. The normalized spacial score (nSPS) is 10.6. The Balaban J connectivity index is 3.24. The minimum absolute atomic E-state index is 0.0447. The summed E-state index contributed by atoms with van der Waals surface area (Å²) in [6.07, 6.45) is -2.63. The fraction of sp³-hybridized carbons (Fsp3) is 0.300. The molecular formula is C10H11F3N2O2. The number of carbonyl (C=O) groups is 1. The second-order valence-corrected chi connectivity index (χ2v) is 3.43. The van der Waals surface area contributed by atoms with Gasteiger partial charge >= 0.3 is 5.97 Å². The lowest BCUT2D eigenvalue weighted by molar-refractivity contribution is 0.0697. The fourth-order valence-corrected chi connectivity index (χ4v) is 1.43. The van der Waals surface area contributed by atoms with Crippen molar-refractivity contribution in [2.24, 2.45) is 0 Å². The summed E-state index contributed by atoms with van der Waals surface area (Å²) >= 11 is 0. The van der Waals surface area contributed by atoms with Crippen molar-refractivity contribution >= 4 is 17.3 Å². The molecule has 0 aromatic heterocycles. The fourth-order valence-electron chi connectivity index (χ4n) is 1.43. The van der Waals surface area contributed by atoms with Gasteiger partial charge in [0.05, 0.1) is 17.9 Å². The Hall–Kier alpha value is -1.92. The van der Waals surface area contributed by atoms with Crippen LogP contribution in [0.5, 0.6) is 0 Å². The summed E-state index contributed by atoms with van der Waals surface area (Å²) < 4.78 is 37.5. The number of rotatable bonds is 4. The molecule has 0 radical (unpaired) electrons. The number of carboxylic acids is 1. The monoisotopic (exact) mass is 248 g/mol. The number of aromatic carboxylic acids is 1. The zero-order valence-electron chi connectivity index (χ0n) is 8.95. The molecule has 94 valence electrons. The third-order valence-corrected chi connectivity index (χ3v) is 2.21. The average Bonchev–Trinajstić information content (AvgIpc) is 2.19. The molecule has 0 unspecified atom stereocenters. The van der Waals surface area contributed by atoms with Gasteiger partial charge in [0, 0.05) is 7.05 Å². The molecule has 0 amide bonds. The zero-order valence-corrected chi connectivity index (χ0v) is 8.95. The van der Waals surface area contributed by atoms with Crippen molar-refractivity contribution in [1.29, 1.82) is 0 Å². The predicted octanol–water partition coefficient (Wildman–Crippen LogP) is 1.81. The Morgan fingerprint density at radius 1 is 1.53 bits per heavy atom. The number of hydrogen-bond donors (Lipinski definition) is 2. The van der Waals surface area contributed by atoms with Crippen molar-refractivity contribution in [1.82, 2.24) is 0 Å². The molecule has 0 aliphatic rings. The smallest absolute Gasteiger partial charge is 0.340 e. The summed E-state index contributed by atoms with van der Waals surface area (Å²) in [4.78, 5) is 11.9. The average molecular weight is 248 g/mol. The van der Waals surface area contributed by atoms with Gasteiger partial charge in [-0.25, -0.2) is 18.0 Å². The number of halogens is 3. The zero-order chi connectivity index (χ0) is 13.2. The third-order valence-electron chi connectivity index (χ3n) is 2.21. The predicted molar refractivity (Wildman–Crippen MR) is 57.0 cm³/mol. The Bertz CT molecular complexity index is 438. The summed E-state index contributed by atoms with van der Waals surface area (Å²) in [7, 11) is 1.28. The molecule has 0 saturated carbocycles. The van der Waals surface area contributed by atoms with Crippen LogP contribution in [0.2, 0.25) is 0 Å². The number of nitrogens with zero attached hydrogens (tertiary/aromatic N) is 1. The topological polar surface area (TPSA) is 66.6 Å². The van der Waals surface area contributed by atoms with Crippen LogP contribution in [0, 0.1) is 5.82 Å². The number of nitrogen functional groups attached to an aromatic ring is 1. The van der Waals surface area contributed by atoms with E-state index in [1.165, 1.54) is 7.05 Å². The quantitative estimate of drug-likeness (QED) is 0.797. The van der Waals surface area contributed by atoms with Crippen LogP contribution in [0.4, 0.5) is 24.5 Å². The van der Waals surface area contributed by atoms with Crippen LogP contribution in [0.1, 0.15) is 10.4 Å². The molecule has 0 aliphatic carbocycles. The van der Waals surface area contributed by atoms with E-state index in [-0.39, 0.29) is 5.69 Å². The van der Waals surface area contributed by atoms with Gasteiger partial charge in [-0.05, 0) is 12.1 Å². The van der Waals surface area contributed by atoms with Crippen molar-refractivity contribution in [2.45, 2.75) is 6.43 Å². The lowest BCUT2D eigenvalue weighted by Gasteiger charge is -2.21.